The smallest absolute Gasteiger partial charge is 0.245 e. The number of likely N-dealkylation sites (tertiary alicyclic amines) is 1. The maximum atomic E-state index is 13.5. The van der Waals surface area contributed by atoms with Crippen molar-refractivity contribution >= 4 is 23.4 Å². The van der Waals surface area contributed by atoms with E-state index in [4.69, 9.17) is 11.6 Å². The van der Waals surface area contributed by atoms with Crippen LogP contribution in [0.15, 0.2) is 24.3 Å². The molecule has 1 aromatic carbocycles. The van der Waals surface area contributed by atoms with Crippen LogP contribution in [0.25, 0.3) is 0 Å². The van der Waals surface area contributed by atoms with Gasteiger partial charge in [0.1, 0.15) is 6.04 Å². The molecule has 1 aromatic rings. The quantitative estimate of drug-likeness (QED) is 0.623. The minimum Gasteiger partial charge on any atom is -0.393 e. The SMILES string of the molecule is CC(C)[C@@H](NC(=O)[C@H]1C[C@H](C)[C@@H](O)C1)C(=O)N1CC[C@](O)(c2ccc(Cl)cc2)C(C)(C)C1. The molecule has 7 heteroatoms. The lowest BCUT2D eigenvalue weighted by molar-refractivity contribution is -0.157. The lowest BCUT2D eigenvalue weighted by Crippen LogP contribution is -2.60. The Balaban J connectivity index is 1.72. The maximum absolute atomic E-state index is 13.5. The van der Waals surface area contributed by atoms with E-state index in [1.807, 2.05) is 46.8 Å². The molecule has 3 rings (SSSR count). The molecule has 178 valence electrons. The normalized spacial score (nSPS) is 30.9. The first kappa shape index (κ1) is 25.0. The van der Waals surface area contributed by atoms with Crippen LogP contribution in [0.3, 0.4) is 0 Å². The molecule has 5 atom stereocenters. The van der Waals surface area contributed by atoms with Gasteiger partial charge in [0, 0.05) is 29.4 Å². The molecule has 1 saturated heterocycles. The van der Waals surface area contributed by atoms with Crippen LogP contribution < -0.4 is 5.32 Å². The third-order valence-corrected chi connectivity index (χ3v) is 7.78. The summed E-state index contributed by atoms with van der Waals surface area (Å²) in [6.07, 6.45) is 1.01. The van der Waals surface area contributed by atoms with Gasteiger partial charge in [-0.05, 0) is 48.8 Å². The Morgan fingerprint density at radius 1 is 1.19 bits per heavy atom. The summed E-state index contributed by atoms with van der Waals surface area (Å²) in [5.41, 5.74) is -0.881. The second kappa shape index (κ2) is 9.32. The van der Waals surface area contributed by atoms with E-state index in [1.165, 1.54) is 0 Å². The fraction of sp³-hybridized carbons (Fsp3) is 0.680. The van der Waals surface area contributed by atoms with E-state index < -0.39 is 23.2 Å². The van der Waals surface area contributed by atoms with E-state index in [1.54, 1.807) is 17.0 Å². The van der Waals surface area contributed by atoms with E-state index in [0.29, 0.717) is 37.4 Å². The zero-order valence-electron chi connectivity index (χ0n) is 19.8. The lowest BCUT2D eigenvalue weighted by atomic mass is 9.66. The number of rotatable bonds is 5. The summed E-state index contributed by atoms with van der Waals surface area (Å²) in [6.45, 7) is 10.5. The Morgan fingerprint density at radius 2 is 1.81 bits per heavy atom. The Bertz CT molecular complexity index is 831. The van der Waals surface area contributed by atoms with Crippen molar-refractivity contribution in [2.45, 2.75) is 71.6 Å². The first-order valence-corrected chi connectivity index (χ1v) is 12.0. The van der Waals surface area contributed by atoms with Crippen LogP contribution in [0.2, 0.25) is 5.02 Å². The number of hydrogen-bond acceptors (Lipinski definition) is 4. The predicted molar refractivity (Wildman–Crippen MR) is 125 cm³/mol. The number of carbonyl (C=O) groups is 2. The summed E-state index contributed by atoms with van der Waals surface area (Å²) in [5.74, 6) is -0.523. The van der Waals surface area contributed by atoms with Crippen molar-refractivity contribution in [2.24, 2.45) is 23.2 Å². The van der Waals surface area contributed by atoms with Gasteiger partial charge in [0.2, 0.25) is 11.8 Å². The van der Waals surface area contributed by atoms with Crippen molar-refractivity contribution < 1.29 is 19.8 Å². The van der Waals surface area contributed by atoms with Crippen LogP contribution in [0.1, 0.15) is 59.4 Å². The van der Waals surface area contributed by atoms with Gasteiger partial charge in [0.25, 0.3) is 0 Å². The summed E-state index contributed by atoms with van der Waals surface area (Å²) < 4.78 is 0. The number of carbonyl (C=O) groups excluding carboxylic acids is 2. The van der Waals surface area contributed by atoms with Gasteiger partial charge in [-0.3, -0.25) is 9.59 Å². The molecule has 0 bridgehead atoms. The second-order valence-electron chi connectivity index (χ2n) is 10.7. The standard InChI is InChI=1S/C25H37ClN2O4/c1-15(2)21(27-22(30)17-12-16(3)20(29)13-17)23(31)28-11-10-25(32,24(4,5)14-28)18-6-8-19(26)9-7-18/h6-9,15-17,20-21,29,32H,10-14H2,1-5H3,(H,27,30)/t16-,17-,20-,21+,25-/m0/s1. The number of aliphatic hydroxyl groups excluding tert-OH is 1. The molecular formula is C25H37ClN2O4. The van der Waals surface area contributed by atoms with Crippen LogP contribution in [0, 0.1) is 23.2 Å². The number of halogens is 1. The van der Waals surface area contributed by atoms with E-state index in [9.17, 15) is 19.8 Å². The molecule has 32 heavy (non-hydrogen) atoms. The van der Waals surface area contributed by atoms with E-state index in [-0.39, 0.29) is 29.6 Å². The first-order valence-electron chi connectivity index (χ1n) is 11.6. The molecule has 2 aliphatic rings. The largest absolute Gasteiger partial charge is 0.393 e. The van der Waals surface area contributed by atoms with Crippen LogP contribution >= 0.6 is 11.6 Å². The van der Waals surface area contributed by atoms with Crippen LogP contribution in [-0.4, -0.2) is 52.2 Å². The van der Waals surface area contributed by atoms with Crippen molar-refractivity contribution in [2.75, 3.05) is 13.1 Å². The minimum absolute atomic E-state index is 0.0737. The minimum atomic E-state index is -1.08. The number of nitrogens with zero attached hydrogens (tertiary/aromatic N) is 1. The average molecular weight is 465 g/mol. The highest BCUT2D eigenvalue weighted by molar-refractivity contribution is 6.30. The topological polar surface area (TPSA) is 89.9 Å². The van der Waals surface area contributed by atoms with Crippen LogP contribution in [0.4, 0.5) is 0 Å². The van der Waals surface area contributed by atoms with Crippen LogP contribution in [0.5, 0.6) is 0 Å². The van der Waals surface area contributed by atoms with Gasteiger partial charge in [0.05, 0.1) is 11.7 Å². The van der Waals surface area contributed by atoms with Gasteiger partial charge < -0.3 is 20.4 Å². The summed E-state index contributed by atoms with van der Waals surface area (Å²) in [7, 11) is 0. The number of nitrogens with one attached hydrogen (secondary N) is 1. The maximum Gasteiger partial charge on any atom is 0.245 e. The van der Waals surface area contributed by atoms with Gasteiger partial charge in [-0.2, -0.15) is 0 Å². The molecule has 2 amide bonds. The Morgan fingerprint density at radius 3 is 2.31 bits per heavy atom. The molecule has 0 spiro atoms. The lowest BCUT2D eigenvalue weighted by Gasteiger charge is -2.51. The van der Waals surface area contributed by atoms with Crippen LogP contribution in [-0.2, 0) is 15.2 Å². The summed E-state index contributed by atoms with van der Waals surface area (Å²) in [4.78, 5) is 28.1. The fourth-order valence-corrected chi connectivity index (χ4v) is 5.32. The van der Waals surface area contributed by atoms with Gasteiger partial charge in [-0.15, -0.1) is 0 Å². The highest BCUT2D eigenvalue weighted by Crippen LogP contribution is 2.46. The molecule has 1 heterocycles. The molecule has 2 fully saturated rings. The first-order chi connectivity index (χ1) is 14.9. The van der Waals surface area contributed by atoms with Crippen molar-refractivity contribution in [1.82, 2.24) is 10.2 Å². The van der Waals surface area contributed by atoms with Gasteiger partial charge in [-0.25, -0.2) is 0 Å². The summed E-state index contributed by atoms with van der Waals surface area (Å²) >= 11 is 6.02. The Kier molecular flexibility index (Phi) is 7.28. The van der Waals surface area contributed by atoms with Crippen molar-refractivity contribution in [3.05, 3.63) is 34.9 Å². The Hall–Kier alpha value is -1.63. The highest BCUT2D eigenvalue weighted by Gasteiger charge is 2.50. The van der Waals surface area contributed by atoms with Crippen molar-refractivity contribution in [3.8, 4) is 0 Å². The summed E-state index contributed by atoms with van der Waals surface area (Å²) in [5, 5.41) is 25.2. The Labute approximate surface area is 196 Å². The number of aliphatic hydroxyl groups is 2. The van der Waals surface area contributed by atoms with Gasteiger partial charge in [-0.1, -0.05) is 58.4 Å². The zero-order valence-corrected chi connectivity index (χ0v) is 20.5. The van der Waals surface area contributed by atoms with E-state index >= 15 is 0 Å². The third kappa shape index (κ3) is 4.82. The third-order valence-electron chi connectivity index (χ3n) is 7.52. The molecule has 1 saturated carbocycles. The fourth-order valence-electron chi connectivity index (χ4n) is 5.19. The number of amides is 2. The molecule has 1 aliphatic carbocycles. The van der Waals surface area contributed by atoms with Gasteiger partial charge >= 0.3 is 0 Å². The highest BCUT2D eigenvalue weighted by atomic mass is 35.5. The zero-order chi connectivity index (χ0) is 23.8. The van der Waals surface area contributed by atoms with E-state index in [0.717, 1.165) is 5.56 Å². The molecule has 6 nitrogen and oxygen atoms in total. The summed E-state index contributed by atoms with van der Waals surface area (Å²) in [6, 6.07) is 6.60. The number of hydrogen-bond donors (Lipinski definition) is 3. The second-order valence-corrected chi connectivity index (χ2v) is 11.1. The van der Waals surface area contributed by atoms with Crippen molar-refractivity contribution in [1.29, 1.82) is 0 Å². The molecular weight excluding hydrogens is 428 g/mol. The molecule has 3 N–H and O–H groups in total. The van der Waals surface area contributed by atoms with Gasteiger partial charge in [0.15, 0.2) is 0 Å². The average Bonchev–Trinajstić information content (AvgIpc) is 3.06. The number of piperidine rings is 1. The monoisotopic (exact) mass is 464 g/mol. The number of benzene rings is 1. The molecule has 0 aromatic heterocycles. The molecule has 1 aliphatic heterocycles. The van der Waals surface area contributed by atoms with E-state index in [2.05, 4.69) is 5.32 Å². The molecule has 0 radical (unpaired) electrons. The van der Waals surface area contributed by atoms with Crippen molar-refractivity contribution in [3.63, 3.8) is 0 Å². The predicted octanol–water partition coefficient (Wildman–Crippen LogP) is 3.33. The molecule has 0 unspecified atom stereocenters.